The van der Waals surface area contributed by atoms with Crippen molar-refractivity contribution in [3.8, 4) is 0 Å². The maximum absolute atomic E-state index is 11.3. The molecule has 0 aromatic carbocycles. The van der Waals surface area contributed by atoms with Crippen LogP contribution >= 0.6 is 0 Å². The first-order valence-electron chi connectivity index (χ1n) is 4.42. The van der Waals surface area contributed by atoms with Gasteiger partial charge in [-0.2, -0.15) is 0 Å². The van der Waals surface area contributed by atoms with Crippen LogP contribution in [0.2, 0.25) is 0 Å². The standard InChI is InChI=1S/C8H13N3O3/c9-6(12)1-3-11-4-2-7(13)10-5-8(11)14/h1-5H2,(H2,9,12)(H,10,13). The number of hydrogen-bond acceptors (Lipinski definition) is 3. The second-order valence-electron chi connectivity index (χ2n) is 3.12. The minimum atomic E-state index is -0.443. The number of nitrogens with zero attached hydrogens (tertiary/aromatic N) is 1. The van der Waals surface area contributed by atoms with Crippen molar-refractivity contribution in [3.05, 3.63) is 0 Å². The van der Waals surface area contributed by atoms with E-state index >= 15 is 0 Å². The Kier molecular flexibility index (Phi) is 3.44. The fraction of sp³-hybridized carbons (Fsp3) is 0.625. The third-order valence-corrected chi connectivity index (χ3v) is 2.03. The Balaban J connectivity index is 2.45. The summed E-state index contributed by atoms with van der Waals surface area (Å²) in [5, 5.41) is 2.47. The largest absolute Gasteiger partial charge is 0.370 e. The number of nitrogens with two attached hydrogens (primary N) is 1. The Morgan fingerprint density at radius 2 is 2.21 bits per heavy atom. The van der Waals surface area contributed by atoms with Crippen molar-refractivity contribution in [1.82, 2.24) is 10.2 Å². The van der Waals surface area contributed by atoms with Gasteiger partial charge in [-0.15, -0.1) is 0 Å². The molecule has 0 aliphatic carbocycles. The van der Waals surface area contributed by atoms with Gasteiger partial charge >= 0.3 is 0 Å². The molecule has 0 spiro atoms. The molecule has 14 heavy (non-hydrogen) atoms. The quantitative estimate of drug-likeness (QED) is 0.562. The lowest BCUT2D eigenvalue weighted by Gasteiger charge is -2.18. The summed E-state index contributed by atoms with van der Waals surface area (Å²) in [6, 6.07) is 0. The van der Waals surface area contributed by atoms with Gasteiger partial charge in [0.1, 0.15) is 0 Å². The zero-order valence-corrected chi connectivity index (χ0v) is 7.78. The molecule has 3 amide bonds. The van der Waals surface area contributed by atoms with Crippen LogP contribution in [0.25, 0.3) is 0 Å². The van der Waals surface area contributed by atoms with E-state index in [2.05, 4.69) is 5.32 Å². The maximum Gasteiger partial charge on any atom is 0.241 e. The first-order chi connectivity index (χ1) is 6.59. The number of primary amides is 1. The summed E-state index contributed by atoms with van der Waals surface area (Å²) in [7, 11) is 0. The molecule has 3 N–H and O–H groups in total. The average molecular weight is 199 g/mol. The molecule has 1 aliphatic rings. The topological polar surface area (TPSA) is 92.5 Å². The summed E-state index contributed by atoms with van der Waals surface area (Å²) < 4.78 is 0. The molecule has 0 bridgehead atoms. The van der Waals surface area contributed by atoms with Crippen molar-refractivity contribution >= 4 is 17.7 Å². The van der Waals surface area contributed by atoms with E-state index < -0.39 is 5.91 Å². The second-order valence-corrected chi connectivity index (χ2v) is 3.12. The Bertz CT molecular complexity index is 265. The van der Waals surface area contributed by atoms with E-state index in [9.17, 15) is 14.4 Å². The molecule has 1 saturated heterocycles. The molecule has 0 aromatic rings. The molecule has 78 valence electrons. The van der Waals surface area contributed by atoms with Gasteiger partial charge in [0.2, 0.25) is 17.7 Å². The number of hydrogen-bond donors (Lipinski definition) is 2. The monoisotopic (exact) mass is 199 g/mol. The van der Waals surface area contributed by atoms with E-state index in [4.69, 9.17) is 5.73 Å². The van der Waals surface area contributed by atoms with Crippen LogP contribution in [0.5, 0.6) is 0 Å². The van der Waals surface area contributed by atoms with E-state index in [1.54, 1.807) is 0 Å². The number of carbonyl (C=O) groups is 3. The molecule has 0 atom stereocenters. The minimum Gasteiger partial charge on any atom is -0.370 e. The normalized spacial score (nSPS) is 17.6. The summed E-state index contributed by atoms with van der Waals surface area (Å²) >= 11 is 0. The van der Waals surface area contributed by atoms with E-state index in [-0.39, 0.29) is 31.2 Å². The summed E-state index contributed by atoms with van der Waals surface area (Å²) in [5.41, 5.74) is 4.96. The van der Waals surface area contributed by atoms with Gasteiger partial charge in [-0.25, -0.2) is 0 Å². The highest BCUT2D eigenvalue weighted by Crippen LogP contribution is 1.98. The molecule has 0 unspecified atom stereocenters. The van der Waals surface area contributed by atoms with Gasteiger partial charge in [0.15, 0.2) is 0 Å². The first-order valence-corrected chi connectivity index (χ1v) is 4.42. The van der Waals surface area contributed by atoms with Crippen molar-refractivity contribution in [2.45, 2.75) is 12.8 Å². The number of amides is 3. The molecule has 6 nitrogen and oxygen atoms in total. The van der Waals surface area contributed by atoms with Crippen LogP contribution in [-0.2, 0) is 14.4 Å². The van der Waals surface area contributed by atoms with Crippen molar-refractivity contribution in [3.63, 3.8) is 0 Å². The highest BCUT2D eigenvalue weighted by molar-refractivity contribution is 5.87. The zero-order chi connectivity index (χ0) is 10.6. The van der Waals surface area contributed by atoms with Crippen molar-refractivity contribution in [2.75, 3.05) is 19.6 Å². The Morgan fingerprint density at radius 3 is 2.86 bits per heavy atom. The molecule has 1 aliphatic heterocycles. The van der Waals surface area contributed by atoms with E-state index in [0.717, 1.165) is 0 Å². The molecule has 0 aromatic heterocycles. The summed E-state index contributed by atoms with van der Waals surface area (Å²) in [4.78, 5) is 34.2. The summed E-state index contributed by atoms with van der Waals surface area (Å²) in [5.74, 6) is -0.752. The molecule has 0 saturated carbocycles. The molecule has 1 rings (SSSR count). The van der Waals surface area contributed by atoms with E-state index in [1.807, 2.05) is 0 Å². The third-order valence-electron chi connectivity index (χ3n) is 2.03. The van der Waals surface area contributed by atoms with Gasteiger partial charge in [0.05, 0.1) is 6.54 Å². The predicted octanol–water partition coefficient (Wildman–Crippen LogP) is -1.79. The van der Waals surface area contributed by atoms with Crippen LogP contribution in [0.15, 0.2) is 0 Å². The molecular formula is C8H13N3O3. The SMILES string of the molecule is NC(=O)CCN1CCC(=O)NCC1=O. The second kappa shape index (κ2) is 4.59. The fourth-order valence-corrected chi connectivity index (χ4v) is 1.22. The fourth-order valence-electron chi connectivity index (χ4n) is 1.22. The summed E-state index contributed by atoms with van der Waals surface area (Å²) in [6.45, 7) is 0.665. The van der Waals surface area contributed by atoms with Crippen LogP contribution in [-0.4, -0.2) is 42.3 Å². The van der Waals surface area contributed by atoms with Gasteiger partial charge in [0, 0.05) is 25.9 Å². The lowest BCUT2D eigenvalue weighted by molar-refractivity contribution is -0.130. The molecule has 6 heteroatoms. The van der Waals surface area contributed by atoms with Gasteiger partial charge in [-0.05, 0) is 0 Å². The smallest absolute Gasteiger partial charge is 0.241 e. The number of nitrogens with one attached hydrogen (secondary N) is 1. The average Bonchev–Trinajstić information content (AvgIpc) is 2.27. The van der Waals surface area contributed by atoms with Gasteiger partial charge in [-0.1, -0.05) is 0 Å². The molecule has 1 fully saturated rings. The van der Waals surface area contributed by atoms with Crippen LogP contribution < -0.4 is 11.1 Å². The lowest BCUT2D eigenvalue weighted by Crippen LogP contribution is -2.37. The highest BCUT2D eigenvalue weighted by atomic mass is 16.2. The summed E-state index contributed by atoms with van der Waals surface area (Å²) in [6.07, 6.45) is 0.421. The van der Waals surface area contributed by atoms with Crippen molar-refractivity contribution in [1.29, 1.82) is 0 Å². The molecular weight excluding hydrogens is 186 g/mol. The molecule has 1 heterocycles. The maximum atomic E-state index is 11.3. The third kappa shape index (κ3) is 3.04. The highest BCUT2D eigenvalue weighted by Gasteiger charge is 2.19. The molecule has 0 radical (unpaired) electrons. The Labute approximate surface area is 81.4 Å². The predicted molar refractivity (Wildman–Crippen MR) is 48.0 cm³/mol. The zero-order valence-electron chi connectivity index (χ0n) is 7.78. The Morgan fingerprint density at radius 1 is 1.50 bits per heavy atom. The number of rotatable bonds is 3. The van der Waals surface area contributed by atoms with Crippen LogP contribution in [0, 0.1) is 0 Å². The Hall–Kier alpha value is -1.59. The van der Waals surface area contributed by atoms with Crippen LogP contribution in [0.1, 0.15) is 12.8 Å². The minimum absolute atomic E-state index is 0.0115. The number of carbonyl (C=O) groups excluding carboxylic acids is 3. The van der Waals surface area contributed by atoms with E-state index in [0.29, 0.717) is 13.1 Å². The van der Waals surface area contributed by atoms with Gasteiger partial charge in [-0.3, -0.25) is 14.4 Å². The van der Waals surface area contributed by atoms with Crippen LogP contribution in [0.3, 0.4) is 0 Å². The first kappa shape index (κ1) is 10.5. The van der Waals surface area contributed by atoms with Gasteiger partial charge < -0.3 is 16.0 Å². The lowest BCUT2D eigenvalue weighted by atomic mass is 10.3. The van der Waals surface area contributed by atoms with Gasteiger partial charge in [0.25, 0.3) is 0 Å². The van der Waals surface area contributed by atoms with Crippen molar-refractivity contribution in [2.24, 2.45) is 5.73 Å². The van der Waals surface area contributed by atoms with E-state index in [1.165, 1.54) is 4.90 Å². The van der Waals surface area contributed by atoms with Crippen molar-refractivity contribution < 1.29 is 14.4 Å². The van der Waals surface area contributed by atoms with Crippen LogP contribution in [0.4, 0.5) is 0 Å².